The van der Waals surface area contributed by atoms with Crippen molar-refractivity contribution in [2.75, 3.05) is 21.0 Å². The summed E-state index contributed by atoms with van der Waals surface area (Å²) in [5.74, 6) is 0.275. The minimum Gasteiger partial charge on any atom is -0.468 e. The summed E-state index contributed by atoms with van der Waals surface area (Å²) >= 11 is 0. The molecular formula is C19H27NO5. The van der Waals surface area contributed by atoms with Gasteiger partial charge in [0.15, 0.2) is 13.1 Å². The number of nitrogens with zero attached hydrogens (tertiary/aromatic N) is 1. The zero-order valence-corrected chi connectivity index (χ0v) is 16.0. The van der Waals surface area contributed by atoms with Crippen LogP contribution in [-0.2, 0) is 23.8 Å². The SMILES string of the molecule is COCOC1=C(c2c(C)cccc2C)C(=O)N(OC(C)OC)C1(C)C. The normalized spacial score (nSPS) is 18.0. The van der Waals surface area contributed by atoms with Crippen LogP contribution in [0.5, 0.6) is 0 Å². The lowest BCUT2D eigenvalue weighted by atomic mass is 9.93. The van der Waals surface area contributed by atoms with E-state index in [0.717, 1.165) is 16.7 Å². The minimum atomic E-state index is -0.799. The summed E-state index contributed by atoms with van der Waals surface area (Å²) < 4.78 is 16.1. The van der Waals surface area contributed by atoms with Crippen molar-refractivity contribution in [3.05, 3.63) is 40.6 Å². The van der Waals surface area contributed by atoms with Gasteiger partial charge < -0.3 is 14.2 Å². The third-order valence-electron chi connectivity index (χ3n) is 4.33. The van der Waals surface area contributed by atoms with Crippen LogP contribution in [-0.4, -0.2) is 43.8 Å². The van der Waals surface area contributed by atoms with Gasteiger partial charge in [-0.3, -0.25) is 4.79 Å². The molecule has 0 spiro atoms. The number of rotatable bonds is 7. The van der Waals surface area contributed by atoms with E-state index in [-0.39, 0.29) is 12.7 Å². The molecule has 138 valence electrons. The van der Waals surface area contributed by atoms with Gasteiger partial charge in [0.25, 0.3) is 5.91 Å². The fourth-order valence-electron chi connectivity index (χ4n) is 3.02. The second kappa shape index (κ2) is 7.56. The number of amides is 1. The van der Waals surface area contributed by atoms with Gasteiger partial charge in [-0.05, 0) is 51.3 Å². The Hall–Kier alpha value is -1.89. The first-order valence-electron chi connectivity index (χ1n) is 8.22. The highest BCUT2D eigenvalue weighted by Gasteiger charge is 2.50. The summed E-state index contributed by atoms with van der Waals surface area (Å²) in [6.45, 7) is 9.48. The molecule has 1 aromatic carbocycles. The zero-order valence-electron chi connectivity index (χ0n) is 16.0. The highest BCUT2D eigenvalue weighted by atomic mass is 16.8. The fraction of sp³-hybridized carbons (Fsp3) is 0.526. The molecule has 1 heterocycles. The minimum absolute atomic E-state index is 0.0497. The fourth-order valence-corrected chi connectivity index (χ4v) is 3.02. The number of hydrogen-bond acceptors (Lipinski definition) is 5. The lowest BCUT2D eigenvalue weighted by Gasteiger charge is -2.33. The Morgan fingerprint density at radius 1 is 1.16 bits per heavy atom. The van der Waals surface area contributed by atoms with Crippen molar-refractivity contribution in [3.63, 3.8) is 0 Å². The van der Waals surface area contributed by atoms with Crippen molar-refractivity contribution in [1.82, 2.24) is 5.06 Å². The van der Waals surface area contributed by atoms with E-state index in [9.17, 15) is 4.79 Å². The largest absolute Gasteiger partial charge is 0.468 e. The number of methoxy groups -OCH3 is 2. The predicted molar refractivity (Wildman–Crippen MR) is 94.3 cm³/mol. The number of hydrogen-bond donors (Lipinski definition) is 0. The monoisotopic (exact) mass is 349 g/mol. The van der Waals surface area contributed by atoms with Crippen LogP contribution in [0.2, 0.25) is 0 Å². The van der Waals surface area contributed by atoms with Crippen molar-refractivity contribution in [2.45, 2.75) is 46.4 Å². The van der Waals surface area contributed by atoms with E-state index in [1.807, 2.05) is 45.9 Å². The van der Waals surface area contributed by atoms with Gasteiger partial charge in [0.2, 0.25) is 0 Å². The Balaban J connectivity index is 2.60. The lowest BCUT2D eigenvalue weighted by Crippen LogP contribution is -2.46. The number of ether oxygens (including phenoxy) is 3. The Bertz CT molecular complexity index is 660. The van der Waals surface area contributed by atoms with Gasteiger partial charge in [-0.15, -0.1) is 0 Å². The third kappa shape index (κ3) is 3.56. The molecule has 0 fully saturated rings. The van der Waals surface area contributed by atoms with E-state index < -0.39 is 11.8 Å². The van der Waals surface area contributed by atoms with Crippen LogP contribution in [0.25, 0.3) is 5.57 Å². The van der Waals surface area contributed by atoms with Crippen LogP contribution in [0.15, 0.2) is 24.0 Å². The molecule has 0 aliphatic carbocycles. The summed E-state index contributed by atoms with van der Waals surface area (Å²) in [5, 5.41) is 1.33. The molecule has 0 bridgehead atoms. The number of carbonyl (C=O) groups is 1. The van der Waals surface area contributed by atoms with E-state index in [0.29, 0.717) is 11.3 Å². The van der Waals surface area contributed by atoms with Gasteiger partial charge >= 0.3 is 0 Å². The maximum Gasteiger partial charge on any atom is 0.282 e. The smallest absolute Gasteiger partial charge is 0.282 e. The number of benzene rings is 1. The molecule has 1 atom stereocenters. The average Bonchev–Trinajstić information content (AvgIpc) is 2.73. The highest BCUT2D eigenvalue weighted by molar-refractivity contribution is 6.23. The Labute approximate surface area is 149 Å². The molecule has 0 saturated carbocycles. The standard InChI is InChI=1S/C19H27NO5/c1-12-9-8-10-13(2)15(12)16-17(24-11-22-6)19(4,5)20(18(16)21)25-14(3)23-7/h8-10,14H,11H2,1-7H3. The third-order valence-corrected chi connectivity index (χ3v) is 4.33. The van der Waals surface area contributed by atoms with Crippen molar-refractivity contribution < 1.29 is 23.8 Å². The summed E-state index contributed by atoms with van der Waals surface area (Å²) in [6.07, 6.45) is -0.566. The van der Waals surface area contributed by atoms with E-state index in [1.165, 1.54) is 12.2 Å². The second-order valence-electron chi connectivity index (χ2n) is 6.59. The average molecular weight is 349 g/mol. The molecule has 0 saturated heterocycles. The quantitative estimate of drug-likeness (QED) is 0.708. The van der Waals surface area contributed by atoms with E-state index in [4.69, 9.17) is 19.0 Å². The van der Waals surface area contributed by atoms with Gasteiger partial charge in [-0.25, -0.2) is 9.90 Å². The van der Waals surface area contributed by atoms with Crippen LogP contribution in [0, 0.1) is 13.8 Å². The van der Waals surface area contributed by atoms with Crippen LogP contribution < -0.4 is 0 Å². The number of aryl methyl sites for hydroxylation is 2. The maximum absolute atomic E-state index is 13.2. The molecule has 0 N–H and O–H groups in total. The van der Waals surface area contributed by atoms with Gasteiger partial charge in [-0.1, -0.05) is 18.2 Å². The Morgan fingerprint density at radius 2 is 1.76 bits per heavy atom. The first-order chi connectivity index (χ1) is 11.8. The van der Waals surface area contributed by atoms with Crippen LogP contribution in [0.1, 0.15) is 37.5 Å². The Morgan fingerprint density at radius 3 is 2.28 bits per heavy atom. The zero-order chi connectivity index (χ0) is 18.8. The van der Waals surface area contributed by atoms with Crippen molar-refractivity contribution in [1.29, 1.82) is 0 Å². The molecule has 1 amide bonds. The van der Waals surface area contributed by atoms with Crippen molar-refractivity contribution >= 4 is 11.5 Å². The summed E-state index contributed by atoms with van der Waals surface area (Å²) in [7, 11) is 3.07. The van der Waals surface area contributed by atoms with Gasteiger partial charge in [-0.2, -0.15) is 0 Å². The molecular weight excluding hydrogens is 322 g/mol. The summed E-state index contributed by atoms with van der Waals surface area (Å²) in [6, 6.07) is 5.92. The second-order valence-corrected chi connectivity index (χ2v) is 6.59. The van der Waals surface area contributed by atoms with Gasteiger partial charge in [0, 0.05) is 14.2 Å². The molecule has 1 aliphatic rings. The molecule has 2 rings (SSSR count). The topological polar surface area (TPSA) is 57.2 Å². The summed E-state index contributed by atoms with van der Waals surface area (Å²) in [4.78, 5) is 18.9. The molecule has 25 heavy (non-hydrogen) atoms. The highest BCUT2D eigenvalue weighted by Crippen LogP contribution is 2.42. The summed E-state index contributed by atoms with van der Waals surface area (Å²) in [5.41, 5.74) is 2.56. The van der Waals surface area contributed by atoms with E-state index >= 15 is 0 Å². The molecule has 0 aromatic heterocycles. The maximum atomic E-state index is 13.2. The van der Waals surface area contributed by atoms with E-state index in [1.54, 1.807) is 14.0 Å². The van der Waals surface area contributed by atoms with Crippen LogP contribution in [0.4, 0.5) is 0 Å². The van der Waals surface area contributed by atoms with Crippen molar-refractivity contribution in [2.24, 2.45) is 0 Å². The Kier molecular flexibility index (Phi) is 5.87. The number of carbonyl (C=O) groups excluding carboxylic acids is 1. The predicted octanol–water partition coefficient (Wildman–Crippen LogP) is 3.18. The molecule has 1 aromatic rings. The molecule has 6 heteroatoms. The lowest BCUT2D eigenvalue weighted by molar-refractivity contribution is -0.277. The van der Waals surface area contributed by atoms with Gasteiger partial charge in [0.05, 0.1) is 5.57 Å². The molecule has 0 radical (unpaired) electrons. The molecule has 1 aliphatic heterocycles. The molecule has 6 nitrogen and oxygen atoms in total. The first kappa shape index (κ1) is 19.4. The van der Waals surface area contributed by atoms with Crippen LogP contribution in [0.3, 0.4) is 0 Å². The van der Waals surface area contributed by atoms with Gasteiger partial charge in [0.1, 0.15) is 11.3 Å². The van der Waals surface area contributed by atoms with Crippen molar-refractivity contribution in [3.8, 4) is 0 Å². The van der Waals surface area contributed by atoms with Crippen LogP contribution >= 0.6 is 0 Å². The van der Waals surface area contributed by atoms with E-state index in [2.05, 4.69) is 0 Å². The number of hydroxylamine groups is 2. The molecule has 1 unspecified atom stereocenters. The first-order valence-corrected chi connectivity index (χ1v) is 8.22.